The van der Waals surface area contributed by atoms with Crippen molar-refractivity contribution in [1.29, 1.82) is 5.26 Å². The van der Waals surface area contributed by atoms with Crippen LogP contribution in [0.3, 0.4) is 0 Å². The average molecular weight is 364 g/mol. The van der Waals surface area contributed by atoms with Crippen LogP contribution in [0.2, 0.25) is 0 Å². The minimum absolute atomic E-state index is 0.167. The quantitative estimate of drug-likeness (QED) is 0.629. The molecule has 2 rings (SSSR count). The van der Waals surface area contributed by atoms with Gasteiger partial charge in [0.15, 0.2) is 30.7 Å². The van der Waals surface area contributed by atoms with Gasteiger partial charge in [-0.25, -0.2) is 18.0 Å². The number of para-hydroxylation sites is 1. The second-order valence-electron chi connectivity index (χ2n) is 4.83. The summed E-state index contributed by atoms with van der Waals surface area (Å²) in [6.07, 6.45) is 0. The molecule has 0 radical (unpaired) electrons. The van der Waals surface area contributed by atoms with E-state index in [-0.39, 0.29) is 11.3 Å². The lowest BCUT2D eigenvalue weighted by molar-refractivity contribution is -0.149. The SMILES string of the molecule is N#Cc1ccccc1OCC(=O)OCC(=O)Nc1ccc(F)c(F)c1F. The van der Waals surface area contributed by atoms with E-state index in [1.165, 1.54) is 12.1 Å². The van der Waals surface area contributed by atoms with E-state index >= 15 is 0 Å². The van der Waals surface area contributed by atoms with Crippen molar-refractivity contribution in [3.63, 3.8) is 0 Å². The predicted octanol–water partition coefficient (Wildman–Crippen LogP) is 2.54. The predicted molar refractivity (Wildman–Crippen MR) is 82.6 cm³/mol. The van der Waals surface area contributed by atoms with Gasteiger partial charge in [0, 0.05) is 0 Å². The second kappa shape index (κ2) is 8.53. The van der Waals surface area contributed by atoms with Crippen LogP contribution in [0, 0.1) is 28.8 Å². The molecule has 0 atom stereocenters. The monoisotopic (exact) mass is 364 g/mol. The standard InChI is InChI=1S/C17H11F3N2O4/c18-11-5-6-12(17(20)16(11)19)22-14(23)8-26-15(24)9-25-13-4-2-1-3-10(13)7-21/h1-6H,8-9H2,(H,22,23). The van der Waals surface area contributed by atoms with Gasteiger partial charge in [0.1, 0.15) is 11.8 Å². The third kappa shape index (κ3) is 4.73. The molecule has 134 valence electrons. The molecule has 0 spiro atoms. The molecule has 9 heteroatoms. The van der Waals surface area contributed by atoms with E-state index in [0.717, 1.165) is 6.07 Å². The molecule has 0 fully saturated rings. The number of rotatable bonds is 6. The molecule has 2 aromatic carbocycles. The first-order valence-electron chi connectivity index (χ1n) is 7.13. The fourth-order valence-electron chi connectivity index (χ4n) is 1.82. The lowest BCUT2D eigenvalue weighted by Gasteiger charge is -2.09. The third-order valence-electron chi connectivity index (χ3n) is 3.03. The summed E-state index contributed by atoms with van der Waals surface area (Å²) in [5, 5.41) is 10.8. The summed E-state index contributed by atoms with van der Waals surface area (Å²) in [7, 11) is 0. The third-order valence-corrected chi connectivity index (χ3v) is 3.03. The molecular formula is C17H11F3N2O4. The van der Waals surface area contributed by atoms with Crippen molar-refractivity contribution in [3.8, 4) is 11.8 Å². The van der Waals surface area contributed by atoms with Crippen LogP contribution >= 0.6 is 0 Å². The van der Waals surface area contributed by atoms with Crippen molar-refractivity contribution in [2.24, 2.45) is 0 Å². The maximum absolute atomic E-state index is 13.4. The van der Waals surface area contributed by atoms with Crippen molar-refractivity contribution in [2.75, 3.05) is 18.5 Å². The number of benzene rings is 2. The van der Waals surface area contributed by atoms with Crippen molar-refractivity contribution in [3.05, 3.63) is 59.4 Å². The summed E-state index contributed by atoms with van der Waals surface area (Å²) in [6, 6.07) is 9.53. The average Bonchev–Trinajstić information content (AvgIpc) is 2.65. The number of carbonyl (C=O) groups is 2. The molecule has 0 aromatic heterocycles. The topological polar surface area (TPSA) is 88.4 Å². The molecule has 0 saturated carbocycles. The summed E-state index contributed by atoms with van der Waals surface area (Å²) in [4.78, 5) is 23.1. The van der Waals surface area contributed by atoms with Gasteiger partial charge in [0.2, 0.25) is 0 Å². The molecule has 0 aliphatic carbocycles. The number of nitrogens with zero attached hydrogens (tertiary/aromatic N) is 1. The molecule has 26 heavy (non-hydrogen) atoms. The smallest absolute Gasteiger partial charge is 0.344 e. The number of hydrogen-bond acceptors (Lipinski definition) is 5. The molecule has 0 unspecified atom stereocenters. The number of esters is 1. The van der Waals surface area contributed by atoms with Crippen LogP contribution in [0.15, 0.2) is 36.4 Å². The minimum Gasteiger partial charge on any atom is -0.481 e. The van der Waals surface area contributed by atoms with Crippen molar-refractivity contribution in [2.45, 2.75) is 0 Å². The van der Waals surface area contributed by atoms with E-state index in [2.05, 4.69) is 4.74 Å². The first kappa shape index (κ1) is 18.8. The van der Waals surface area contributed by atoms with Gasteiger partial charge in [0.05, 0.1) is 11.3 Å². The summed E-state index contributed by atoms with van der Waals surface area (Å²) >= 11 is 0. The van der Waals surface area contributed by atoms with Gasteiger partial charge < -0.3 is 14.8 Å². The van der Waals surface area contributed by atoms with Crippen LogP contribution < -0.4 is 10.1 Å². The van der Waals surface area contributed by atoms with Crippen LogP contribution in [0.25, 0.3) is 0 Å². The Labute approximate surface area is 145 Å². The molecule has 0 aliphatic heterocycles. The molecule has 0 aliphatic rings. The number of amides is 1. The molecule has 1 amide bonds. The number of nitrogens with one attached hydrogen (secondary N) is 1. The fraction of sp³-hybridized carbons (Fsp3) is 0.118. The van der Waals surface area contributed by atoms with Gasteiger partial charge >= 0.3 is 5.97 Å². The van der Waals surface area contributed by atoms with Gasteiger partial charge in [-0.15, -0.1) is 0 Å². The Bertz CT molecular complexity index is 881. The largest absolute Gasteiger partial charge is 0.481 e. The highest BCUT2D eigenvalue weighted by molar-refractivity contribution is 5.93. The Hall–Kier alpha value is -3.54. The van der Waals surface area contributed by atoms with Crippen molar-refractivity contribution >= 4 is 17.6 Å². The van der Waals surface area contributed by atoms with Gasteiger partial charge in [-0.05, 0) is 24.3 Å². The van der Waals surface area contributed by atoms with Gasteiger partial charge in [-0.1, -0.05) is 12.1 Å². The minimum atomic E-state index is -1.73. The molecule has 0 saturated heterocycles. The van der Waals surface area contributed by atoms with E-state index in [1.54, 1.807) is 12.1 Å². The molecule has 2 aromatic rings. The molecule has 6 nitrogen and oxygen atoms in total. The first-order chi connectivity index (χ1) is 12.4. The summed E-state index contributed by atoms with van der Waals surface area (Å²) < 4.78 is 49.0. The van der Waals surface area contributed by atoms with E-state index in [0.29, 0.717) is 6.07 Å². The summed E-state index contributed by atoms with van der Waals surface area (Å²) in [5.74, 6) is -6.41. The normalized spacial score (nSPS) is 9.92. The Balaban J connectivity index is 1.83. The number of ether oxygens (including phenoxy) is 2. The maximum Gasteiger partial charge on any atom is 0.344 e. The van der Waals surface area contributed by atoms with Crippen LogP contribution in [-0.4, -0.2) is 25.1 Å². The van der Waals surface area contributed by atoms with Gasteiger partial charge in [-0.2, -0.15) is 5.26 Å². The van der Waals surface area contributed by atoms with E-state index in [9.17, 15) is 22.8 Å². The van der Waals surface area contributed by atoms with Crippen molar-refractivity contribution < 1.29 is 32.2 Å². The summed E-state index contributed by atoms with van der Waals surface area (Å²) in [5.41, 5.74) is -0.379. The zero-order chi connectivity index (χ0) is 19.1. The van der Waals surface area contributed by atoms with Gasteiger partial charge in [-0.3, -0.25) is 4.79 Å². The van der Waals surface area contributed by atoms with Crippen molar-refractivity contribution in [1.82, 2.24) is 0 Å². The lowest BCUT2D eigenvalue weighted by Crippen LogP contribution is -2.24. The zero-order valence-electron chi connectivity index (χ0n) is 13.1. The Kier molecular flexibility index (Phi) is 6.16. The number of halogens is 3. The van der Waals surface area contributed by atoms with E-state index in [1.807, 2.05) is 11.4 Å². The molecule has 0 bridgehead atoms. The number of anilines is 1. The number of hydrogen-bond donors (Lipinski definition) is 1. The zero-order valence-corrected chi connectivity index (χ0v) is 13.1. The number of nitriles is 1. The van der Waals surface area contributed by atoms with Crippen LogP contribution in [0.4, 0.5) is 18.9 Å². The van der Waals surface area contributed by atoms with Crippen LogP contribution in [0.1, 0.15) is 5.56 Å². The summed E-state index contributed by atoms with van der Waals surface area (Å²) in [6.45, 7) is -1.36. The highest BCUT2D eigenvalue weighted by Gasteiger charge is 2.16. The molecule has 1 N–H and O–H groups in total. The second-order valence-corrected chi connectivity index (χ2v) is 4.83. The van der Waals surface area contributed by atoms with Crippen LogP contribution in [-0.2, 0) is 14.3 Å². The Morgan fingerprint density at radius 3 is 2.50 bits per heavy atom. The highest BCUT2D eigenvalue weighted by Crippen LogP contribution is 2.19. The van der Waals surface area contributed by atoms with E-state index < -0.39 is 48.2 Å². The Morgan fingerprint density at radius 1 is 1.04 bits per heavy atom. The number of carbonyl (C=O) groups excluding carboxylic acids is 2. The lowest BCUT2D eigenvalue weighted by atomic mass is 10.2. The maximum atomic E-state index is 13.4. The van der Waals surface area contributed by atoms with Gasteiger partial charge in [0.25, 0.3) is 5.91 Å². The molecule has 0 heterocycles. The highest BCUT2D eigenvalue weighted by atomic mass is 19.2. The van der Waals surface area contributed by atoms with Crippen LogP contribution in [0.5, 0.6) is 5.75 Å². The fourth-order valence-corrected chi connectivity index (χ4v) is 1.82. The Morgan fingerprint density at radius 2 is 1.77 bits per heavy atom. The van der Waals surface area contributed by atoms with E-state index in [4.69, 9.17) is 10.00 Å². The first-order valence-corrected chi connectivity index (χ1v) is 7.13. The molecular weight excluding hydrogens is 353 g/mol.